The number of allylic oxidation sites excluding steroid dienone is 2. The molecule has 0 aromatic carbocycles. The van der Waals surface area contributed by atoms with Crippen molar-refractivity contribution in [2.45, 2.75) is 156 Å². The van der Waals surface area contributed by atoms with Crippen LogP contribution in [0.5, 0.6) is 0 Å². The number of ether oxygens (including phenoxy) is 2. The second-order valence-corrected chi connectivity index (χ2v) is 22.6. The Kier molecular flexibility index (Phi) is 16.2. The average molecular weight is 801 g/mol. The average Bonchev–Trinajstić information content (AvgIpc) is 3.39. The molecule has 12 heteroatoms. The third-order valence-corrected chi connectivity index (χ3v) is 17.9. The fourth-order valence-corrected chi connectivity index (χ4v) is 14.3. The normalized spacial score (nSPS) is 29.5. The van der Waals surface area contributed by atoms with Gasteiger partial charge in [-0.1, -0.05) is 88.4 Å². The minimum atomic E-state index is -0.796. The molecule has 2 fully saturated rings. The molecule has 8 nitrogen and oxygen atoms in total. The Morgan fingerprint density at radius 2 is 1.35 bits per heavy atom. The molecule has 0 spiro atoms. The molecule has 4 rings (SSSR count). The summed E-state index contributed by atoms with van der Waals surface area (Å²) in [5.74, 6) is 2.38. The summed E-state index contributed by atoms with van der Waals surface area (Å²) < 4.78 is 12.0. The SMILES string of the molecule is CC(C)(CCCCC1CCC2C3=C(CCC12C)C1(C)CCC(OC(=O)CCSSCCC(=O)O)C(C)(C)C1CC3)OC(=O)CCSSCCC(=O)O. The smallest absolute Gasteiger partial charge is 0.307 e. The summed E-state index contributed by atoms with van der Waals surface area (Å²) in [5, 5.41) is 17.6. The van der Waals surface area contributed by atoms with Crippen molar-refractivity contribution in [3.63, 3.8) is 0 Å². The zero-order valence-corrected chi connectivity index (χ0v) is 35.7. The Bertz CT molecular complexity index is 1300. The molecular weight excluding hydrogens is 737 g/mol. The zero-order valence-electron chi connectivity index (χ0n) is 32.4. The molecule has 0 aromatic rings. The lowest BCUT2D eigenvalue weighted by Crippen LogP contribution is -2.54. The number of carbonyl (C=O) groups excluding carboxylic acids is 2. The molecule has 52 heavy (non-hydrogen) atoms. The molecule has 0 bridgehead atoms. The van der Waals surface area contributed by atoms with Gasteiger partial charge in [0.1, 0.15) is 11.7 Å². The van der Waals surface area contributed by atoms with Gasteiger partial charge in [0.05, 0.1) is 25.7 Å². The van der Waals surface area contributed by atoms with Crippen LogP contribution in [0.25, 0.3) is 0 Å². The van der Waals surface area contributed by atoms with Gasteiger partial charge in [-0.3, -0.25) is 19.2 Å². The van der Waals surface area contributed by atoms with Crippen LogP contribution in [0, 0.1) is 34.0 Å². The van der Waals surface area contributed by atoms with E-state index in [-0.39, 0.29) is 41.7 Å². The lowest BCUT2D eigenvalue weighted by Gasteiger charge is -2.60. The molecule has 2 N–H and O–H groups in total. The van der Waals surface area contributed by atoms with Gasteiger partial charge in [0.2, 0.25) is 0 Å². The van der Waals surface area contributed by atoms with E-state index in [9.17, 15) is 19.2 Å². The van der Waals surface area contributed by atoms with Crippen molar-refractivity contribution in [2.75, 3.05) is 23.0 Å². The molecule has 0 aliphatic heterocycles. The number of esters is 2. The lowest BCUT2D eigenvalue weighted by atomic mass is 9.46. The predicted molar refractivity (Wildman–Crippen MR) is 217 cm³/mol. The summed E-state index contributed by atoms with van der Waals surface area (Å²) in [4.78, 5) is 46.7. The summed E-state index contributed by atoms with van der Waals surface area (Å²) >= 11 is 0. The van der Waals surface area contributed by atoms with Gasteiger partial charge < -0.3 is 19.7 Å². The van der Waals surface area contributed by atoms with Crippen molar-refractivity contribution in [1.29, 1.82) is 0 Å². The maximum Gasteiger partial charge on any atom is 0.307 e. The first-order chi connectivity index (χ1) is 24.5. The third kappa shape index (κ3) is 11.3. The van der Waals surface area contributed by atoms with Crippen LogP contribution in [0.1, 0.15) is 144 Å². The van der Waals surface area contributed by atoms with Gasteiger partial charge in [-0.25, -0.2) is 0 Å². The van der Waals surface area contributed by atoms with Crippen LogP contribution in [0.2, 0.25) is 0 Å². The maximum absolute atomic E-state index is 12.9. The van der Waals surface area contributed by atoms with Crippen molar-refractivity contribution >= 4 is 67.1 Å². The van der Waals surface area contributed by atoms with E-state index in [1.54, 1.807) is 21.9 Å². The van der Waals surface area contributed by atoms with Crippen LogP contribution >= 0.6 is 43.2 Å². The highest BCUT2D eigenvalue weighted by Gasteiger charge is 2.59. The van der Waals surface area contributed by atoms with Crippen molar-refractivity contribution in [1.82, 2.24) is 0 Å². The van der Waals surface area contributed by atoms with Gasteiger partial charge in [-0.05, 0) is 113 Å². The van der Waals surface area contributed by atoms with E-state index in [1.807, 2.05) is 13.8 Å². The molecule has 2 saturated carbocycles. The zero-order chi connectivity index (χ0) is 38.2. The number of aliphatic carboxylic acids is 2. The standard InChI is InChI=1S/C40H64O8S4/c1-37(2,48-36(46)19-26-52-50-24-17-34(43)44)20-8-7-9-27-10-12-29-28-11-13-31-38(3,4)32(47-35(45)18-25-51-49-23-16-33(41)42)15-22-40(31,6)30(28)14-21-39(27,29)5/h27,29,31-32H,7-26H2,1-6H3,(H,41,42)(H,43,44). The largest absolute Gasteiger partial charge is 0.481 e. The number of carboxylic acids is 2. The van der Waals surface area contributed by atoms with Crippen molar-refractivity contribution in [2.24, 2.45) is 34.0 Å². The van der Waals surface area contributed by atoms with Crippen molar-refractivity contribution < 1.29 is 38.9 Å². The first kappa shape index (κ1) is 43.7. The monoisotopic (exact) mass is 800 g/mol. The Morgan fingerprint density at radius 1 is 0.750 bits per heavy atom. The molecular formula is C40H64O8S4. The third-order valence-electron chi connectivity index (χ3n) is 13.1. The van der Waals surface area contributed by atoms with Crippen LogP contribution in [-0.4, -0.2) is 68.8 Å². The second-order valence-electron chi connectivity index (χ2n) is 17.2. The predicted octanol–water partition coefficient (Wildman–Crippen LogP) is 10.6. The second kappa shape index (κ2) is 19.2. The number of unbranched alkanes of at least 4 members (excludes halogenated alkanes) is 1. The van der Waals surface area contributed by atoms with Crippen LogP contribution < -0.4 is 0 Å². The van der Waals surface area contributed by atoms with E-state index < -0.39 is 17.5 Å². The van der Waals surface area contributed by atoms with E-state index in [0.29, 0.717) is 53.1 Å². The maximum atomic E-state index is 12.9. The lowest BCUT2D eigenvalue weighted by molar-refractivity contribution is -0.169. The van der Waals surface area contributed by atoms with Crippen molar-refractivity contribution in [3.05, 3.63) is 11.1 Å². The number of hydrogen-bond donors (Lipinski definition) is 2. The van der Waals surface area contributed by atoms with Gasteiger partial charge in [0, 0.05) is 28.4 Å². The number of carbonyl (C=O) groups is 4. The molecule has 0 aromatic heterocycles. The van der Waals surface area contributed by atoms with E-state index in [4.69, 9.17) is 19.7 Å². The number of carboxylic acid groups (broad SMARTS) is 2. The van der Waals surface area contributed by atoms with Crippen LogP contribution in [-0.2, 0) is 28.7 Å². The van der Waals surface area contributed by atoms with E-state index in [2.05, 4.69) is 27.7 Å². The molecule has 0 saturated heterocycles. The van der Waals surface area contributed by atoms with Gasteiger partial charge in [0.25, 0.3) is 0 Å². The van der Waals surface area contributed by atoms with Crippen LogP contribution in [0.4, 0.5) is 0 Å². The Balaban J connectivity index is 1.24. The molecule has 6 unspecified atom stereocenters. The molecule has 0 radical (unpaired) electrons. The quantitative estimate of drug-likeness (QED) is 0.0496. The van der Waals surface area contributed by atoms with Gasteiger partial charge in [-0.2, -0.15) is 0 Å². The molecule has 4 aliphatic carbocycles. The molecule has 296 valence electrons. The Hall–Kier alpha value is -0.980. The minimum absolute atomic E-state index is 0.0666. The highest BCUT2D eigenvalue weighted by atomic mass is 33.1. The summed E-state index contributed by atoms with van der Waals surface area (Å²) in [7, 11) is 6.09. The molecule has 0 amide bonds. The summed E-state index contributed by atoms with van der Waals surface area (Å²) in [6, 6.07) is 0. The van der Waals surface area contributed by atoms with Gasteiger partial charge >= 0.3 is 23.9 Å². The van der Waals surface area contributed by atoms with E-state index in [0.717, 1.165) is 38.0 Å². The summed E-state index contributed by atoms with van der Waals surface area (Å²) in [6.07, 6.45) is 14.6. The minimum Gasteiger partial charge on any atom is -0.481 e. The highest BCUT2D eigenvalue weighted by Crippen LogP contribution is 2.68. The van der Waals surface area contributed by atoms with Crippen LogP contribution in [0.3, 0.4) is 0 Å². The number of fused-ring (bicyclic) bond motifs is 4. The fraction of sp³-hybridized carbons (Fsp3) is 0.850. The van der Waals surface area contributed by atoms with Gasteiger partial charge in [0.15, 0.2) is 0 Å². The Morgan fingerprint density at radius 3 is 1.96 bits per heavy atom. The molecule has 6 atom stereocenters. The topological polar surface area (TPSA) is 127 Å². The number of rotatable bonds is 21. The fourth-order valence-electron chi connectivity index (χ4n) is 10.4. The highest BCUT2D eigenvalue weighted by molar-refractivity contribution is 8.77. The molecule has 0 heterocycles. The van der Waals surface area contributed by atoms with Gasteiger partial charge in [-0.15, -0.1) is 0 Å². The van der Waals surface area contributed by atoms with Crippen LogP contribution in [0.15, 0.2) is 11.1 Å². The van der Waals surface area contributed by atoms with E-state index >= 15 is 0 Å². The van der Waals surface area contributed by atoms with E-state index in [1.165, 1.54) is 77.3 Å². The Labute approximate surface area is 328 Å². The summed E-state index contributed by atoms with van der Waals surface area (Å²) in [6.45, 7) is 13.8. The first-order valence-electron chi connectivity index (χ1n) is 19.6. The van der Waals surface area contributed by atoms with Crippen molar-refractivity contribution in [3.8, 4) is 0 Å². The number of hydrogen-bond acceptors (Lipinski definition) is 10. The first-order valence-corrected chi connectivity index (χ1v) is 24.5. The molecule has 4 aliphatic rings. The summed E-state index contributed by atoms with van der Waals surface area (Å²) in [5.41, 5.74) is 3.48.